The van der Waals surface area contributed by atoms with Crippen molar-refractivity contribution >= 4 is 5.91 Å². The summed E-state index contributed by atoms with van der Waals surface area (Å²) in [5, 5.41) is 12.6. The van der Waals surface area contributed by atoms with E-state index in [1.165, 1.54) is 0 Å². The fourth-order valence-corrected chi connectivity index (χ4v) is 2.26. The molecule has 1 heterocycles. The van der Waals surface area contributed by atoms with Crippen molar-refractivity contribution in [3.8, 4) is 5.69 Å². The van der Waals surface area contributed by atoms with E-state index in [-0.39, 0.29) is 5.91 Å². The van der Waals surface area contributed by atoms with Gasteiger partial charge >= 0.3 is 0 Å². The Kier molecular flexibility index (Phi) is 3.56. The van der Waals surface area contributed by atoms with Gasteiger partial charge in [0.15, 0.2) is 0 Å². The maximum absolute atomic E-state index is 12.1. The summed E-state index contributed by atoms with van der Waals surface area (Å²) >= 11 is 0. The molecule has 0 bridgehead atoms. The van der Waals surface area contributed by atoms with E-state index in [2.05, 4.69) is 5.32 Å². The molecule has 1 fully saturated rings. The number of aromatic nitrogens is 1. The van der Waals surface area contributed by atoms with Crippen LogP contribution in [0.5, 0.6) is 0 Å². The molecule has 4 heteroatoms. The summed E-state index contributed by atoms with van der Waals surface area (Å²) in [6, 6.07) is 11.3. The SMILES string of the molecule is O=C(NCC(O)C1CC1)c1cccc(-n2cccc2)c1. The van der Waals surface area contributed by atoms with E-state index >= 15 is 0 Å². The molecule has 2 aromatic rings. The number of hydrogen-bond donors (Lipinski definition) is 2. The summed E-state index contributed by atoms with van der Waals surface area (Å²) in [5.74, 6) is 0.236. The molecule has 3 rings (SSSR count). The van der Waals surface area contributed by atoms with Crippen LogP contribution in [0.1, 0.15) is 23.2 Å². The molecule has 1 aliphatic rings. The van der Waals surface area contributed by atoms with Crippen molar-refractivity contribution in [2.75, 3.05) is 6.54 Å². The molecule has 0 saturated heterocycles. The molecular formula is C16H18N2O2. The Hall–Kier alpha value is -2.07. The minimum atomic E-state index is -0.411. The summed E-state index contributed by atoms with van der Waals surface area (Å²) in [4.78, 5) is 12.1. The number of aliphatic hydroxyl groups excluding tert-OH is 1. The minimum Gasteiger partial charge on any atom is -0.391 e. The molecule has 1 aromatic heterocycles. The van der Waals surface area contributed by atoms with E-state index in [0.29, 0.717) is 18.0 Å². The lowest BCUT2D eigenvalue weighted by molar-refractivity contribution is 0.0901. The zero-order valence-electron chi connectivity index (χ0n) is 11.2. The van der Waals surface area contributed by atoms with Crippen molar-refractivity contribution in [2.24, 2.45) is 5.92 Å². The zero-order valence-corrected chi connectivity index (χ0v) is 11.2. The van der Waals surface area contributed by atoms with Crippen LogP contribution in [0.4, 0.5) is 0 Å². The first-order valence-corrected chi connectivity index (χ1v) is 6.94. The van der Waals surface area contributed by atoms with Gasteiger partial charge in [-0.1, -0.05) is 6.07 Å². The van der Waals surface area contributed by atoms with Gasteiger partial charge in [-0.2, -0.15) is 0 Å². The van der Waals surface area contributed by atoms with E-state index < -0.39 is 6.10 Å². The summed E-state index contributed by atoms with van der Waals surface area (Å²) in [5.41, 5.74) is 1.56. The van der Waals surface area contributed by atoms with Gasteiger partial charge in [-0.15, -0.1) is 0 Å². The normalized spacial score (nSPS) is 15.8. The van der Waals surface area contributed by atoms with Gasteiger partial charge in [0.2, 0.25) is 0 Å². The molecule has 1 unspecified atom stereocenters. The number of benzene rings is 1. The Bertz CT molecular complexity index is 588. The van der Waals surface area contributed by atoms with Crippen molar-refractivity contribution in [3.63, 3.8) is 0 Å². The van der Waals surface area contributed by atoms with Crippen molar-refractivity contribution in [2.45, 2.75) is 18.9 Å². The first kappa shape index (κ1) is 12.9. The molecule has 2 N–H and O–H groups in total. The number of aliphatic hydroxyl groups is 1. The lowest BCUT2D eigenvalue weighted by atomic mass is 10.1. The van der Waals surface area contributed by atoms with Gasteiger partial charge in [-0.3, -0.25) is 4.79 Å². The highest BCUT2D eigenvalue weighted by atomic mass is 16.3. The number of amides is 1. The molecule has 1 aromatic carbocycles. The third-order valence-corrected chi connectivity index (χ3v) is 3.65. The van der Waals surface area contributed by atoms with Crippen LogP contribution in [0.3, 0.4) is 0 Å². The highest BCUT2D eigenvalue weighted by Crippen LogP contribution is 2.32. The van der Waals surface area contributed by atoms with Crippen molar-refractivity contribution in [1.29, 1.82) is 0 Å². The van der Waals surface area contributed by atoms with Crippen LogP contribution < -0.4 is 5.32 Å². The average molecular weight is 270 g/mol. The van der Waals surface area contributed by atoms with Gasteiger partial charge in [-0.05, 0) is 49.1 Å². The standard InChI is InChI=1S/C16H18N2O2/c19-15(12-6-7-12)11-17-16(20)13-4-3-5-14(10-13)18-8-1-2-9-18/h1-5,8-10,12,15,19H,6-7,11H2,(H,17,20). The van der Waals surface area contributed by atoms with Crippen LogP contribution in [0.15, 0.2) is 48.8 Å². The average Bonchev–Trinajstić information content (AvgIpc) is 3.19. The van der Waals surface area contributed by atoms with E-state index in [4.69, 9.17) is 0 Å². The molecular weight excluding hydrogens is 252 g/mol. The van der Waals surface area contributed by atoms with E-state index in [0.717, 1.165) is 18.5 Å². The first-order valence-electron chi connectivity index (χ1n) is 6.94. The Balaban J connectivity index is 1.66. The number of hydrogen-bond acceptors (Lipinski definition) is 2. The van der Waals surface area contributed by atoms with Gasteiger partial charge in [0.1, 0.15) is 0 Å². The van der Waals surface area contributed by atoms with E-state index in [9.17, 15) is 9.90 Å². The van der Waals surface area contributed by atoms with Gasteiger partial charge in [0.05, 0.1) is 6.10 Å². The number of carbonyl (C=O) groups is 1. The fraction of sp³-hybridized carbons (Fsp3) is 0.312. The highest BCUT2D eigenvalue weighted by Gasteiger charge is 2.29. The van der Waals surface area contributed by atoms with Crippen LogP contribution >= 0.6 is 0 Å². The predicted molar refractivity (Wildman–Crippen MR) is 76.8 cm³/mol. The second-order valence-corrected chi connectivity index (χ2v) is 5.26. The number of rotatable bonds is 5. The van der Waals surface area contributed by atoms with Crippen LogP contribution in [0.25, 0.3) is 5.69 Å². The molecule has 0 spiro atoms. The summed E-state index contributed by atoms with van der Waals surface area (Å²) in [6.07, 6.45) is 5.61. The summed E-state index contributed by atoms with van der Waals surface area (Å²) in [6.45, 7) is 0.331. The number of carbonyl (C=O) groups excluding carboxylic acids is 1. The molecule has 20 heavy (non-hydrogen) atoms. The zero-order chi connectivity index (χ0) is 13.9. The third kappa shape index (κ3) is 2.91. The van der Waals surface area contributed by atoms with Crippen molar-refractivity contribution < 1.29 is 9.90 Å². The Labute approximate surface area is 118 Å². The first-order chi connectivity index (χ1) is 9.74. The fourth-order valence-electron chi connectivity index (χ4n) is 2.26. The van der Waals surface area contributed by atoms with Crippen LogP contribution in [-0.4, -0.2) is 28.2 Å². The van der Waals surface area contributed by atoms with E-state index in [1.807, 2.05) is 47.3 Å². The molecule has 1 amide bonds. The molecule has 4 nitrogen and oxygen atoms in total. The molecule has 1 aliphatic carbocycles. The highest BCUT2D eigenvalue weighted by molar-refractivity contribution is 5.94. The van der Waals surface area contributed by atoms with Crippen LogP contribution in [0.2, 0.25) is 0 Å². The topological polar surface area (TPSA) is 54.3 Å². The maximum atomic E-state index is 12.1. The monoisotopic (exact) mass is 270 g/mol. The van der Waals surface area contributed by atoms with Gasteiger partial charge < -0.3 is 15.0 Å². The predicted octanol–water partition coefficient (Wildman–Crippen LogP) is 1.98. The molecule has 1 saturated carbocycles. The lowest BCUT2D eigenvalue weighted by Gasteiger charge is -2.11. The van der Waals surface area contributed by atoms with Crippen LogP contribution in [-0.2, 0) is 0 Å². The van der Waals surface area contributed by atoms with Gasteiger partial charge in [0, 0.05) is 30.2 Å². The Morgan fingerprint density at radius 1 is 1.30 bits per heavy atom. The molecule has 104 valence electrons. The van der Waals surface area contributed by atoms with E-state index in [1.54, 1.807) is 6.07 Å². The van der Waals surface area contributed by atoms with Gasteiger partial charge in [0.25, 0.3) is 5.91 Å². The quantitative estimate of drug-likeness (QED) is 0.873. The Morgan fingerprint density at radius 3 is 2.75 bits per heavy atom. The smallest absolute Gasteiger partial charge is 0.251 e. The summed E-state index contributed by atoms with van der Waals surface area (Å²) < 4.78 is 1.95. The minimum absolute atomic E-state index is 0.140. The number of nitrogens with zero attached hydrogens (tertiary/aromatic N) is 1. The largest absolute Gasteiger partial charge is 0.391 e. The second kappa shape index (κ2) is 5.51. The molecule has 0 radical (unpaired) electrons. The van der Waals surface area contributed by atoms with Crippen LogP contribution in [0, 0.1) is 5.92 Å². The molecule has 0 aliphatic heterocycles. The Morgan fingerprint density at radius 2 is 2.05 bits per heavy atom. The lowest BCUT2D eigenvalue weighted by Crippen LogP contribution is -2.33. The summed E-state index contributed by atoms with van der Waals surface area (Å²) in [7, 11) is 0. The van der Waals surface area contributed by atoms with Crippen molar-refractivity contribution in [3.05, 3.63) is 54.4 Å². The number of nitrogens with one attached hydrogen (secondary N) is 1. The third-order valence-electron chi connectivity index (χ3n) is 3.65. The van der Waals surface area contributed by atoms with Crippen molar-refractivity contribution in [1.82, 2.24) is 9.88 Å². The molecule has 1 atom stereocenters. The maximum Gasteiger partial charge on any atom is 0.251 e. The second-order valence-electron chi connectivity index (χ2n) is 5.26. The van der Waals surface area contributed by atoms with Gasteiger partial charge in [-0.25, -0.2) is 0 Å².